The van der Waals surface area contributed by atoms with Crippen molar-refractivity contribution in [2.24, 2.45) is 17.3 Å². The Morgan fingerprint density at radius 1 is 1.29 bits per heavy atom. The van der Waals surface area contributed by atoms with Crippen molar-refractivity contribution in [1.82, 2.24) is 4.90 Å². The van der Waals surface area contributed by atoms with Crippen LogP contribution in [0.3, 0.4) is 0 Å². The van der Waals surface area contributed by atoms with E-state index in [1.165, 1.54) is 6.07 Å². The van der Waals surface area contributed by atoms with Crippen molar-refractivity contribution >= 4 is 11.6 Å². The van der Waals surface area contributed by atoms with E-state index in [0.29, 0.717) is 38.5 Å². The molecule has 0 bridgehead atoms. The first-order valence-corrected chi connectivity index (χ1v) is 10.6. The lowest BCUT2D eigenvalue weighted by Crippen LogP contribution is -2.49. The summed E-state index contributed by atoms with van der Waals surface area (Å²) >= 11 is 0. The summed E-state index contributed by atoms with van der Waals surface area (Å²) in [7, 11) is 1.65. The molecule has 2 fully saturated rings. The number of ether oxygens (including phenoxy) is 1. The van der Waals surface area contributed by atoms with Gasteiger partial charge in [0.05, 0.1) is 23.8 Å². The van der Waals surface area contributed by atoms with Crippen LogP contribution in [0, 0.1) is 28.6 Å². The molecule has 166 valence electrons. The van der Waals surface area contributed by atoms with Crippen LogP contribution in [0.2, 0.25) is 0 Å². The third-order valence-electron chi connectivity index (χ3n) is 7.03. The molecular formula is C23H26F3N3O2. The molecule has 0 N–H and O–H groups in total. The van der Waals surface area contributed by atoms with E-state index in [0.717, 1.165) is 25.3 Å². The number of nitriles is 1. The van der Waals surface area contributed by atoms with Crippen LogP contribution >= 0.6 is 0 Å². The van der Waals surface area contributed by atoms with Crippen LogP contribution in [0.1, 0.15) is 30.4 Å². The van der Waals surface area contributed by atoms with Crippen LogP contribution in [0.5, 0.6) is 0 Å². The van der Waals surface area contributed by atoms with Gasteiger partial charge in [-0.25, -0.2) is 0 Å². The molecule has 2 heterocycles. The number of nitrogens with zero attached hydrogens (tertiary/aromatic N) is 3. The van der Waals surface area contributed by atoms with E-state index >= 15 is 0 Å². The van der Waals surface area contributed by atoms with Crippen LogP contribution in [0.25, 0.3) is 0 Å². The van der Waals surface area contributed by atoms with Crippen LogP contribution in [-0.4, -0.2) is 50.7 Å². The number of piperidine rings is 1. The number of anilines is 1. The van der Waals surface area contributed by atoms with Gasteiger partial charge in [0.25, 0.3) is 0 Å². The summed E-state index contributed by atoms with van der Waals surface area (Å²) in [6.45, 7) is 2.89. The van der Waals surface area contributed by atoms with E-state index in [9.17, 15) is 18.0 Å². The highest BCUT2D eigenvalue weighted by atomic mass is 19.4. The summed E-state index contributed by atoms with van der Waals surface area (Å²) in [4.78, 5) is 16.9. The topological polar surface area (TPSA) is 56.6 Å². The molecular weight excluding hydrogens is 407 g/mol. The van der Waals surface area contributed by atoms with Crippen molar-refractivity contribution in [2.75, 3.05) is 44.8 Å². The number of fused-ring (bicyclic) bond motifs is 1. The van der Waals surface area contributed by atoms with Crippen LogP contribution < -0.4 is 4.90 Å². The molecule has 0 aromatic heterocycles. The highest BCUT2D eigenvalue weighted by Crippen LogP contribution is 2.45. The monoisotopic (exact) mass is 433 g/mol. The molecule has 1 aromatic rings. The minimum Gasteiger partial charge on any atom is -0.384 e. The van der Waals surface area contributed by atoms with Gasteiger partial charge in [-0.3, -0.25) is 4.79 Å². The number of likely N-dealkylation sites (tertiary alicyclic amines) is 1. The second-order valence-electron chi connectivity index (χ2n) is 8.89. The number of hydrogen-bond donors (Lipinski definition) is 0. The largest absolute Gasteiger partial charge is 0.417 e. The van der Waals surface area contributed by atoms with Crippen molar-refractivity contribution in [3.63, 3.8) is 0 Å². The number of allylic oxidation sites excluding steroid dienone is 2. The first kappa shape index (κ1) is 21.7. The smallest absolute Gasteiger partial charge is 0.384 e. The van der Waals surface area contributed by atoms with Gasteiger partial charge in [0.2, 0.25) is 5.91 Å². The number of benzene rings is 1. The maximum absolute atomic E-state index is 13.4. The minimum absolute atomic E-state index is 0.00345. The molecule has 0 saturated carbocycles. The number of methoxy groups -OCH3 is 1. The number of carbonyl (C=O) groups is 1. The molecule has 0 radical (unpaired) electrons. The van der Waals surface area contributed by atoms with Crippen molar-refractivity contribution in [2.45, 2.75) is 25.4 Å². The van der Waals surface area contributed by atoms with Crippen molar-refractivity contribution < 1.29 is 22.7 Å². The molecule has 2 aliphatic heterocycles. The number of amides is 1. The van der Waals surface area contributed by atoms with Gasteiger partial charge in [-0.05, 0) is 37.5 Å². The van der Waals surface area contributed by atoms with Gasteiger partial charge >= 0.3 is 6.18 Å². The predicted molar refractivity (Wildman–Crippen MR) is 109 cm³/mol. The number of carbonyl (C=O) groups excluding carboxylic acids is 1. The van der Waals surface area contributed by atoms with Gasteiger partial charge in [0, 0.05) is 56.2 Å². The zero-order valence-electron chi connectivity index (χ0n) is 17.5. The zero-order valence-corrected chi connectivity index (χ0v) is 17.5. The normalized spacial score (nSPS) is 26.2. The molecule has 5 nitrogen and oxygen atoms in total. The summed E-state index contributed by atoms with van der Waals surface area (Å²) in [5.74, 6) is 0.285. The van der Waals surface area contributed by atoms with E-state index in [1.807, 2.05) is 22.0 Å². The summed E-state index contributed by atoms with van der Waals surface area (Å²) < 4.78 is 45.8. The van der Waals surface area contributed by atoms with Crippen molar-refractivity contribution in [1.29, 1.82) is 5.26 Å². The molecule has 0 spiro atoms. The third kappa shape index (κ3) is 4.03. The summed E-state index contributed by atoms with van der Waals surface area (Å²) in [6.07, 6.45) is 1.79. The van der Waals surface area contributed by atoms with Gasteiger partial charge < -0.3 is 14.5 Å². The van der Waals surface area contributed by atoms with Crippen molar-refractivity contribution in [3.8, 4) is 6.07 Å². The van der Waals surface area contributed by atoms with Gasteiger partial charge in [0.15, 0.2) is 0 Å². The predicted octanol–water partition coefficient (Wildman–Crippen LogP) is 3.84. The van der Waals surface area contributed by atoms with Gasteiger partial charge in [-0.1, -0.05) is 12.2 Å². The van der Waals surface area contributed by atoms with Gasteiger partial charge in [-0.15, -0.1) is 0 Å². The average molecular weight is 433 g/mol. The molecule has 2 atom stereocenters. The van der Waals surface area contributed by atoms with Crippen molar-refractivity contribution in [3.05, 3.63) is 41.5 Å². The lowest BCUT2D eigenvalue weighted by atomic mass is 9.73. The van der Waals surface area contributed by atoms with Crippen LogP contribution in [-0.2, 0) is 15.7 Å². The first-order valence-electron chi connectivity index (χ1n) is 10.6. The Bertz CT molecular complexity index is 916. The Balaban J connectivity index is 1.55. The fourth-order valence-electron chi connectivity index (χ4n) is 5.35. The number of halogens is 3. The van der Waals surface area contributed by atoms with Gasteiger partial charge in [-0.2, -0.15) is 18.4 Å². The number of rotatable bonds is 4. The molecule has 31 heavy (non-hydrogen) atoms. The maximum atomic E-state index is 13.4. The standard InChI is InChI=1S/C23H26F3N3O2/c1-31-15-22-8-9-28(19-7-6-17(11-27)20(10-19)23(24,25)26)12-18(22)13-29(14-22)21(30)16-4-2-3-5-16/h2-3,6-7,10,16,18H,4-5,8-9,12-15H2,1H3/t18-,22+/m1/s1. The van der Waals surface area contributed by atoms with E-state index in [-0.39, 0.29) is 28.7 Å². The summed E-state index contributed by atoms with van der Waals surface area (Å²) in [5.41, 5.74) is -0.989. The molecule has 1 aliphatic carbocycles. The molecule has 4 rings (SSSR count). The zero-order chi connectivity index (χ0) is 22.2. The molecule has 2 saturated heterocycles. The maximum Gasteiger partial charge on any atom is 0.417 e. The Hall–Kier alpha value is -2.53. The fraction of sp³-hybridized carbons (Fsp3) is 0.565. The fourth-order valence-corrected chi connectivity index (χ4v) is 5.35. The second-order valence-corrected chi connectivity index (χ2v) is 8.89. The highest BCUT2D eigenvalue weighted by molar-refractivity contribution is 5.80. The van der Waals surface area contributed by atoms with E-state index < -0.39 is 11.7 Å². The highest BCUT2D eigenvalue weighted by Gasteiger charge is 2.51. The SMILES string of the molecule is COC[C@@]12CCN(c3ccc(C#N)c(C(F)(F)F)c3)C[C@@H]1CN(C(=O)C1CC=CC1)C2. The Morgan fingerprint density at radius 2 is 2.03 bits per heavy atom. The minimum atomic E-state index is -4.58. The first-order chi connectivity index (χ1) is 14.8. The molecule has 3 aliphatic rings. The quantitative estimate of drug-likeness (QED) is 0.677. The average Bonchev–Trinajstić information content (AvgIpc) is 3.40. The number of alkyl halides is 3. The Kier molecular flexibility index (Phi) is 5.73. The van der Waals surface area contributed by atoms with Crippen LogP contribution in [0.4, 0.5) is 18.9 Å². The Morgan fingerprint density at radius 3 is 2.68 bits per heavy atom. The van der Waals surface area contributed by atoms with Gasteiger partial charge in [0.1, 0.15) is 0 Å². The molecule has 1 aromatic carbocycles. The molecule has 1 amide bonds. The van der Waals surface area contributed by atoms with E-state index in [2.05, 4.69) is 0 Å². The van der Waals surface area contributed by atoms with E-state index in [1.54, 1.807) is 19.2 Å². The summed E-state index contributed by atoms with van der Waals surface area (Å²) in [6, 6.07) is 5.53. The summed E-state index contributed by atoms with van der Waals surface area (Å²) in [5, 5.41) is 9.05. The second kappa shape index (κ2) is 8.19. The lowest BCUT2D eigenvalue weighted by Gasteiger charge is -2.44. The van der Waals surface area contributed by atoms with Crippen LogP contribution in [0.15, 0.2) is 30.4 Å². The number of hydrogen-bond acceptors (Lipinski definition) is 4. The lowest BCUT2D eigenvalue weighted by molar-refractivity contribution is -0.137. The third-order valence-corrected chi connectivity index (χ3v) is 7.03. The Labute approximate surface area is 180 Å². The van der Waals surface area contributed by atoms with E-state index in [4.69, 9.17) is 10.00 Å². The molecule has 0 unspecified atom stereocenters. The molecule has 8 heteroatoms.